The molecule has 0 radical (unpaired) electrons. The third kappa shape index (κ3) is 3.44. The van der Waals surface area contributed by atoms with E-state index in [1.54, 1.807) is 6.07 Å². The van der Waals surface area contributed by atoms with Crippen LogP contribution in [0.4, 0.5) is 4.39 Å². The minimum atomic E-state index is -0.173. The number of imidazole rings is 1. The Hall–Kier alpha value is -2.70. The molecule has 0 aliphatic carbocycles. The number of nitrogens with zero attached hydrogens (tertiary/aromatic N) is 3. The monoisotopic (exact) mass is 417 g/mol. The largest absolute Gasteiger partial charge is 0.361 e. The maximum absolute atomic E-state index is 13.7. The molecular formula is C25H28FN5. The van der Waals surface area contributed by atoms with Crippen LogP contribution in [0.15, 0.2) is 48.7 Å². The van der Waals surface area contributed by atoms with Crippen molar-refractivity contribution in [2.75, 3.05) is 26.2 Å². The summed E-state index contributed by atoms with van der Waals surface area (Å²) in [6.07, 6.45) is 5.43. The third-order valence-corrected chi connectivity index (χ3v) is 7.09. The summed E-state index contributed by atoms with van der Waals surface area (Å²) in [4.78, 5) is 10.8. The molecule has 0 amide bonds. The lowest BCUT2D eigenvalue weighted by Crippen LogP contribution is -2.34. The van der Waals surface area contributed by atoms with Crippen LogP contribution in [0.3, 0.4) is 0 Å². The lowest BCUT2D eigenvalue weighted by molar-refractivity contribution is 0.180. The highest BCUT2D eigenvalue weighted by Crippen LogP contribution is 2.34. The molecule has 2 fully saturated rings. The van der Waals surface area contributed by atoms with E-state index in [-0.39, 0.29) is 5.82 Å². The maximum atomic E-state index is 13.7. The molecule has 4 heterocycles. The average molecular weight is 418 g/mol. The van der Waals surface area contributed by atoms with Gasteiger partial charge in [0, 0.05) is 55.2 Å². The predicted molar refractivity (Wildman–Crippen MR) is 122 cm³/mol. The van der Waals surface area contributed by atoms with Crippen molar-refractivity contribution < 1.29 is 4.39 Å². The van der Waals surface area contributed by atoms with Gasteiger partial charge in [0.1, 0.15) is 11.6 Å². The molecule has 2 saturated heterocycles. The van der Waals surface area contributed by atoms with Crippen molar-refractivity contribution >= 4 is 21.9 Å². The molecule has 1 unspecified atom stereocenters. The number of benzene rings is 2. The van der Waals surface area contributed by atoms with E-state index in [2.05, 4.69) is 44.0 Å². The SMILES string of the molecule is Fc1ccc2[nH]cc(CN3CCC(n4c(C5CCNC5)nc5ccccc54)CC3)c2c1. The quantitative estimate of drug-likeness (QED) is 0.511. The van der Waals surface area contributed by atoms with Crippen molar-refractivity contribution in [3.63, 3.8) is 0 Å². The van der Waals surface area contributed by atoms with Crippen LogP contribution in [0.25, 0.3) is 21.9 Å². The van der Waals surface area contributed by atoms with Crippen LogP contribution >= 0.6 is 0 Å². The second-order valence-electron chi connectivity index (χ2n) is 9.03. The first kappa shape index (κ1) is 19.0. The van der Waals surface area contributed by atoms with Crippen LogP contribution in [0.2, 0.25) is 0 Å². The maximum Gasteiger partial charge on any atom is 0.123 e. The molecule has 6 heteroatoms. The van der Waals surface area contributed by atoms with Gasteiger partial charge >= 0.3 is 0 Å². The number of hydrogen-bond donors (Lipinski definition) is 2. The molecule has 4 aromatic rings. The van der Waals surface area contributed by atoms with Gasteiger partial charge in [-0.15, -0.1) is 0 Å². The van der Waals surface area contributed by atoms with Gasteiger partial charge in [-0.1, -0.05) is 12.1 Å². The van der Waals surface area contributed by atoms with Crippen molar-refractivity contribution in [1.29, 1.82) is 0 Å². The number of rotatable bonds is 4. The van der Waals surface area contributed by atoms with Gasteiger partial charge in [-0.25, -0.2) is 9.37 Å². The summed E-state index contributed by atoms with van der Waals surface area (Å²) in [7, 11) is 0. The normalized spacial score (nSPS) is 20.9. The topological polar surface area (TPSA) is 48.9 Å². The molecule has 5 nitrogen and oxygen atoms in total. The van der Waals surface area contributed by atoms with Gasteiger partial charge in [0.05, 0.1) is 11.0 Å². The number of piperidine rings is 1. The molecule has 2 aromatic heterocycles. The Morgan fingerprint density at radius 3 is 2.77 bits per heavy atom. The fourth-order valence-electron chi connectivity index (χ4n) is 5.47. The van der Waals surface area contributed by atoms with Crippen LogP contribution in [-0.4, -0.2) is 45.6 Å². The molecule has 2 aliphatic heterocycles. The molecule has 6 rings (SSSR count). The zero-order valence-electron chi connectivity index (χ0n) is 17.6. The van der Waals surface area contributed by atoms with Crippen LogP contribution in [0.5, 0.6) is 0 Å². The minimum Gasteiger partial charge on any atom is -0.361 e. The second-order valence-corrected chi connectivity index (χ2v) is 9.03. The highest BCUT2D eigenvalue weighted by atomic mass is 19.1. The minimum absolute atomic E-state index is 0.173. The van der Waals surface area contributed by atoms with Crippen molar-refractivity contribution in [3.8, 4) is 0 Å². The summed E-state index contributed by atoms with van der Waals surface area (Å²) in [5.41, 5.74) is 4.58. The number of nitrogens with one attached hydrogen (secondary N) is 2. The summed E-state index contributed by atoms with van der Waals surface area (Å²) in [5.74, 6) is 1.59. The Kier molecular flexibility index (Phi) is 4.77. The number of likely N-dealkylation sites (tertiary alicyclic amines) is 1. The number of para-hydroxylation sites is 2. The van der Waals surface area contributed by atoms with Crippen molar-refractivity contribution in [1.82, 2.24) is 24.8 Å². The van der Waals surface area contributed by atoms with Gasteiger partial charge in [0.2, 0.25) is 0 Å². The molecule has 2 aliphatic rings. The van der Waals surface area contributed by atoms with Crippen molar-refractivity contribution in [2.24, 2.45) is 0 Å². The molecule has 0 spiro atoms. The number of halogens is 1. The van der Waals surface area contributed by atoms with E-state index in [0.717, 1.165) is 62.0 Å². The zero-order valence-corrected chi connectivity index (χ0v) is 17.6. The van der Waals surface area contributed by atoms with E-state index in [0.29, 0.717) is 12.0 Å². The highest BCUT2D eigenvalue weighted by Gasteiger charge is 2.29. The van der Waals surface area contributed by atoms with Crippen LogP contribution < -0.4 is 5.32 Å². The summed E-state index contributed by atoms with van der Waals surface area (Å²) >= 11 is 0. The van der Waals surface area contributed by atoms with Crippen LogP contribution in [0.1, 0.15) is 42.6 Å². The molecule has 2 N–H and O–H groups in total. The standard InChI is InChI=1S/C25H28FN5/c26-19-5-6-22-21(13-19)18(15-28-22)16-30-11-8-20(9-12-30)31-24-4-2-1-3-23(24)29-25(31)17-7-10-27-14-17/h1-6,13,15,17,20,27-28H,7-12,14,16H2. The lowest BCUT2D eigenvalue weighted by Gasteiger charge is -2.34. The van der Waals surface area contributed by atoms with Gasteiger partial charge in [0.25, 0.3) is 0 Å². The van der Waals surface area contributed by atoms with Gasteiger partial charge in [-0.3, -0.25) is 4.90 Å². The second kappa shape index (κ2) is 7.77. The number of fused-ring (bicyclic) bond motifs is 2. The Bertz CT molecular complexity index is 1210. The molecule has 2 aromatic carbocycles. The Morgan fingerprint density at radius 1 is 1.06 bits per heavy atom. The first-order valence-electron chi connectivity index (χ1n) is 11.4. The van der Waals surface area contributed by atoms with E-state index < -0.39 is 0 Å². The van der Waals surface area contributed by atoms with E-state index in [9.17, 15) is 4.39 Å². The first-order chi connectivity index (χ1) is 15.3. The summed E-state index contributed by atoms with van der Waals surface area (Å²) < 4.78 is 16.3. The Morgan fingerprint density at radius 2 is 1.94 bits per heavy atom. The lowest BCUT2D eigenvalue weighted by atomic mass is 10.0. The number of H-pyrrole nitrogens is 1. The number of aromatic amines is 1. The van der Waals surface area contributed by atoms with E-state index in [1.807, 2.05) is 12.3 Å². The first-order valence-corrected chi connectivity index (χ1v) is 11.4. The van der Waals surface area contributed by atoms with Crippen LogP contribution in [0, 0.1) is 5.82 Å². The predicted octanol–water partition coefficient (Wildman–Crippen LogP) is 4.57. The van der Waals surface area contributed by atoms with E-state index in [4.69, 9.17) is 4.98 Å². The smallest absolute Gasteiger partial charge is 0.123 e. The van der Waals surface area contributed by atoms with Crippen LogP contribution in [-0.2, 0) is 6.54 Å². The summed E-state index contributed by atoms with van der Waals surface area (Å²) in [5, 5.41) is 4.50. The Labute approximate surface area is 181 Å². The Balaban J connectivity index is 1.23. The van der Waals surface area contributed by atoms with Gasteiger partial charge in [-0.2, -0.15) is 0 Å². The third-order valence-electron chi connectivity index (χ3n) is 7.09. The fraction of sp³-hybridized carbons (Fsp3) is 0.400. The molecule has 0 bridgehead atoms. The fourth-order valence-corrected chi connectivity index (χ4v) is 5.47. The van der Waals surface area contributed by atoms with Gasteiger partial charge in [-0.05, 0) is 61.7 Å². The zero-order chi connectivity index (χ0) is 20.8. The molecule has 160 valence electrons. The van der Waals surface area contributed by atoms with Gasteiger partial charge < -0.3 is 14.9 Å². The van der Waals surface area contributed by atoms with E-state index in [1.165, 1.54) is 29.4 Å². The number of hydrogen-bond acceptors (Lipinski definition) is 3. The molecule has 0 saturated carbocycles. The molecule has 1 atom stereocenters. The van der Waals surface area contributed by atoms with Gasteiger partial charge in [0.15, 0.2) is 0 Å². The number of aromatic nitrogens is 3. The van der Waals surface area contributed by atoms with E-state index >= 15 is 0 Å². The summed E-state index contributed by atoms with van der Waals surface area (Å²) in [6, 6.07) is 14.0. The average Bonchev–Trinajstić information content (AvgIpc) is 3.53. The molecule has 31 heavy (non-hydrogen) atoms. The van der Waals surface area contributed by atoms with Crippen molar-refractivity contribution in [3.05, 3.63) is 65.9 Å². The summed E-state index contributed by atoms with van der Waals surface area (Å²) in [6.45, 7) is 5.06. The van der Waals surface area contributed by atoms with Crippen molar-refractivity contribution in [2.45, 2.75) is 37.8 Å². The molecular weight excluding hydrogens is 389 g/mol. The highest BCUT2D eigenvalue weighted by molar-refractivity contribution is 5.83.